The van der Waals surface area contributed by atoms with Crippen LogP contribution in [0.15, 0.2) is 52.3 Å². The molecule has 0 aliphatic carbocycles. The van der Waals surface area contributed by atoms with Gasteiger partial charge in [-0.25, -0.2) is 0 Å². The Morgan fingerprint density at radius 3 is 2.38 bits per heavy atom. The Hall–Kier alpha value is -0.710. The molecule has 5 heteroatoms. The summed E-state index contributed by atoms with van der Waals surface area (Å²) in [6.07, 6.45) is 0. The van der Waals surface area contributed by atoms with Crippen LogP contribution < -0.4 is 5.32 Å². The van der Waals surface area contributed by atoms with Crippen molar-refractivity contribution in [1.82, 2.24) is 5.32 Å². The molecule has 0 atom stereocenters. The van der Waals surface area contributed by atoms with E-state index in [4.69, 9.17) is 27.9 Å². The van der Waals surface area contributed by atoms with Gasteiger partial charge in [0.2, 0.25) is 0 Å². The summed E-state index contributed by atoms with van der Waals surface area (Å²) in [4.78, 5) is 2.25. The van der Waals surface area contributed by atoms with Crippen molar-refractivity contribution in [1.29, 1.82) is 0 Å². The number of hydrogen-bond acceptors (Lipinski definition) is 3. The Morgan fingerprint density at radius 2 is 1.71 bits per heavy atom. The minimum absolute atomic E-state index is 0.582. The van der Waals surface area contributed by atoms with Crippen molar-refractivity contribution < 1.29 is 4.74 Å². The molecule has 0 saturated heterocycles. The number of hydrogen-bond donors (Lipinski definition) is 1. The lowest BCUT2D eigenvalue weighted by molar-refractivity contribution is 0.199. The maximum Gasteiger partial charge on any atom is 0.0603 e. The fourth-order valence-electron chi connectivity index (χ4n) is 1.76. The van der Waals surface area contributed by atoms with E-state index in [1.807, 2.05) is 18.2 Å². The van der Waals surface area contributed by atoms with E-state index in [2.05, 4.69) is 29.6 Å². The van der Waals surface area contributed by atoms with E-state index < -0.39 is 0 Å². The summed E-state index contributed by atoms with van der Waals surface area (Å²) in [5.41, 5.74) is 1.25. The second-order valence-electron chi connectivity index (χ2n) is 4.49. The van der Waals surface area contributed by atoms with Gasteiger partial charge in [0.15, 0.2) is 0 Å². The van der Waals surface area contributed by atoms with Crippen LogP contribution in [0.4, 0.5) is 0 Å². The Balaban J connectivity index is 1.91. The number of halogens is 2. The van der Waals surface area contributed by atoms with Gasteiger partial charge in [-0.1, -0.05) is 47.1 Å². The maximum atomic E-state index is 6.02. The molecule has 21 heavy (non-hydrogen) atoms. The van der Waals surface area contributed by atoms with Crippen LogP contribution in [0.2, 0.25) is 10.0 Å². The van der Waals surface area contributed by atoms with Gasteiger partial charge >= 0.3 is 0 Å². The molecule has 0 radical (unpaired) electrons. The van der Waals surface area contributed by atoms with E-state index in [0.29, 0.717) is 10.0 Å². The number of rotatable bonds is 7. The van der Waals surface area contributed by atoms with Gasteiger partial charge in [0, 0.05) is 30.0 Å². The zero-order valence-electron chi connectivity index (χ0n) is 11.7. The minimum Gasteiger partial charge on any atom is -0.383 e. The number of methoxy groups -OCH3 is 1. The molecule has 0 amide bonds. The first-order valence-corrected chi connectivity index (χ1v) is 8.18. The first-order chi connectivity index (χ1) is 10.2. The van der Waals surface area contributed by atoms with E-state index in [9.17, 15) is 0 Å². The second-order valence-corrected chi connectivity index (χ2v) is 6.45. The molecule has 0 fully saturated rings. The summed E-state index contributed by atoms with van der Waals surface area (Å²) in [6.45, 7) is 2.43. The van der Waals surface area contributed by atoms with Gasteiger partial charge < -0.3 is 10.1 Å². The predicted molar refractivity (Wildman–Crippen MR) is 90.6 cm³/mol. The molecule has 0 aliphatic heterocycles. The van der Waals surface area contributed by atoms with Crippen LogP contribution in [0.1, 0.15) is 5.56 Å². The van der Waals surface area contributed by atoms with Gasteiger partial charge in [-0.15, -0.1) is 0 Å². The first kappa shape index (κ1) is 16.7. The molecule has 2 aromatic rings. The lowest BCUT2D eigenvalue weighted by Gasteiger charge is -2.06. The highest BCUT2D eigenvalue weighted by atomic mass is 35.5. The molecular formula is C16H17Cl2NOS. The molecule has 2 aromatic carbocycles. The van der Waals surface area contributed by atoms with Gasteiger partial charge in [0.05, 0.1) is 16.7 Å². The van der Waals surface area contributed by atoms with Crippen molar-refractivity contribution in [3.8, 4) is 0 Å². The molecular weight excluding hydrogens is 325 g/mol. The highest BCUT2D eigenvalue weighted by molar-refractivity contribution is 7.99. The third kappa shape index (κ3) is 5.53. The molecule has 0 saturated carbocycles. The van der Waals surface area contributed by atoms with Gasteiger partial charge in [0.1, 0.15) is 0 Å². The Kier molecular flexibility index (Phi) is 6.87. The standard InChI is InChI=1S/C16H17Cl2NOS/c1-20-9-8-19-11-12-2-4-13(5-3-12)21-14-6-7-15(17)16(18)10-14/h2-7,10,19H,8-9,11H2,1H3. The van der Waals surface area contributed by atoms with Crippen molar-refractivity contribution in [2.75, 3.05) is 20.3 Å². The summed E-state index contributed by atoms with van der Waals surface area (Å²) >= 11 is 13.6. The zero-order valence-corrected chi connectivity index (χ0v) is 14.1. The molecule has 2 rings (SSSR count). The molecule has 0 aliphatic rings. The fraction of sp³-hybridized carbons (Fsp3) is 0.250. The summed E-state index contributed by atoms with van der Waals surface area (Å²) in [6, 6.07) is 14.1. The summed E-state index contributed by atoms with van der Waals surface area (Å²) in [5, 5.41) is 4.49. The Bertz CT molecular complexity index is 575. The lowest BCUT2D eigenvalue weighted by Crippen LogP contribution is -2.18. The third-order valence-corrected chi connectivity index (χ3v) is 4.60. The lowest BCUT2D eigenvalue weighted by atomic mass is 10.2. The van der Waals surface area contributed by atoms with Crippen LogP contribution >= 0.6 is 35.0 Å². The summed E-state index contributed by atoms with van der Waals surface area (Å²) < 4.78 is 5.00. The van der Waals surface area contributed by atoms with E-state index in [-0.39, 0.29) is 0 Å². The maximum absolute atomic E-state index is 6.02. The highest BCUT2D eigenvalue weighted by Crippen LogP contribution is 2.32. The smallest absolute Gasteiger partial charge is 0.0603 e. The second kappa shape index (κ2) is 8.66. The fourth-order valence-corrected chi connectivity index (χ4v) is 2.98. The first-order valence-electron chi connectivity index (χ1n) is 6.60. The van der Waals surface area contributed by atoms with E-state index in [1.54, 1.807) is 18.9 Å². The van der Waals surface area contributed by atoms with Gasteiger partial charge in [-0.2, -0.15) is 0 Å². The van der Waals surface area contributed by atoms with Crippen molar-refractivity contribution >= 4 is 35.0 Å². The summed E-state index contributed by atoms with van der Waals surface area (Å²) in [5.74, 6) is 0. The van der Waals surface area contributed by atoms with Crippen LogP contribution in [0.5, 0.6) is 0 Å². The highest BCUT2D eigenvalue weighted by Gasteiger charge is 2.02. The van der Waals surface area contributed by atoms with Gasteiger partial charge in [-0.3, -0.25) is 0 Å². The van der Waals surface area contributed by atoms with E-state index in [0.717, 1.165) is 24.6 Å². The van der Waals surface area contributed by atoms with Crippen LogP contribution in [-0.4, -0.2) is 20.3 Å². The molecule has 0 unspecified atom stereocenters. The number of ether oxygens (including phenoxy) is 1. The Morgan fingerprint density at radius 1 is 1.00 bits per heavy atom. The van der Waals surface area contributed by atoms with E-state index in [1.165, 1.54) is 10.5 Å². The average Bonchev–Trinajstić information content (AvgIpc) is 2.49. The molecule has 0 heterocycles. The average molecular weight is 342 g/mol. The zero-order chi connectivity index (χ0) is 15.1. The van der Waals surface area contributed by atoms with Crippen LogP contribution in [0, 0.1) is 0 Å². The molecule has 0 aromatic heterocycles. The minimum atomic E-state index is 0.582. The molecule has 112 valence electrons. The Labute approximate surface area is 139 Å². The van der Waals surface area contributed by atoms with Crippen LogP contribution in [0.3, 0.4) is 0 Å². The van der Waals surface area contributed by atoms with Crippen molar-refractivity contribution in [3.05, 3.63) is 58.1 Å². The molecule has 1 N–H and O–H groups in total. The normalized spacial score (nSPS) is 10.8. The van der Waals surface area contributed by atoms with Crippen LogP contribution in [0.25, 0.3) is 0 Å². The van der Waals surface area contributed by atoms with Crippen molar-refractivity contribution in [2.24, 2.45) is 0 Å². The third-order valence-electron chi connectivity index (χ3n) is 2.86. The number of benzene rings is 2. The van der Waals surface area contributed by atoms with Crippen LogP contribution in [-0.2, 0) is 11.3 Å². The SMILES string of the molecule is COCCNCc1ccc(Sc2ccc(Cl)c(Cl)c2)cc1. The van der Waals surface area contributed by atoms with E-state index >= 15 is 0 Å². The largest absolute Gasteiger partial charge is 0.383 e. The molecule has 2 nitrogen and oxygen atoms in total. The monoisotopic (exact) mass is 341 g/mol. The summed E-state index contributed by atoms with van der Waals surface area (Å²) in [7, 11) is 1.71. The number of nitrogens with one attached hydrogen (secondary N) is 1. The predicted octanol–water partition coefficient (Wildman–Crippen LogP) is 4.88. The van der Waals surface area contributed by atoms with Gasteiger partial charge in [-0.05, 0) is 35.9 Å². The van der Waals surface area contributed by atoms with Crippen molar-refractivity contribution in [3.63, 3.8) is 0 Å². The van der Waals surface area contributed by atoms with Crippen molar-refractivity contribution in [2.45, 2.75) is 16.3 Å². The quantitative estimate of drug-likeness (QED) is 0.725. The topological polar surface area (TPSA) is 21.3 Å². The van der Waals surface area contributed by atoms with Gasteiger partial charge in [0.25, 0.3) is 0 Å². The molecule has 0 spiro atoms. The molecule has 0 bridgehead atoms.